The van der Waals surface area contributed by atoms with Crippen molar-refractivity contribution in [3.05, 3.63) is 28.2 Å². The number of amides is 1. The predicted octanol–water partition coefficient (Wildman–Crippen LogP) is 3.27. The van der Waals surface area contributed by atoms with Crippen LogP contribution in [-0.2, 0) is 4.79 Å². The monoisotopic (exact) mass is 332 g/mol. The third kappa shape index (κ3) is 7.55. The van der Waals surface area contributed by atoms with Gasteiger partial charge in [0.15, 0.2) is 6.10 Å². The van der Waals surface area contributed by atoms with Crippen LogP contribution in [0.5, 0.6) is 5.75 Å². The van der Waals surface area contributed by atoms with Crippen LogP contribution < -0.4 is 15.4 Å². The second-order valence-electron chi connectivity index (χ2n) is 5.83. The van der Waals surface area contributed by atoms with Gasteiger partial charge >= 0.3 is 0 Å². The molecule has 4 nitrogen and oxygen atoms in total. The third-order valence-electron chi connectivity index (χ3n) is 2.60. The van der Waals surface area contributed by atoms with E-state index in [9.17, 15) is 4.79 Å². The molecule has 0 aromatic heterocycles. The highest BCUT2D eigenvalue weighted by atomic mass is 35.5. The molecule has 0 radical (unpaired) electrons. The Balaban J connectivity index is 2.40. The molecule has 1 amide bonds. The smallest absolute Gasteiger partial charge is 0.260 e. The van der Waals surface area contributed by atoms with Crippen molar-refractivity contribution in [2.45, 2.75) is 39.3 Å². The fraction of sp³-hybridized carbons (Fsp3) is 0.533. The number of benzene rings is 1. The van der Waals surface area contributed by atoms with Gasteiger partial charge in [0.2, 0.25) is 0 Å². The van der Waals surface area contributed by atoms with Gasteiger partial charge in [-0.05, 0) is 45.9 Å². The first-order valence-corrected chi connectivity index (χ1v) is 7.58. The number of hydrogen-bond acceptors (Lipinski definition) is 3. The molecule has 0 fully saturated rings. The zero-order chi connectivity index (χ0) is 16.0. The van der Waals surface area contributed by atoms with Gasteiger partial charge in [-0.2, -0.15) is 0 Å². The summed E-state index contributed by atoms with van der Waals surface area (Å²) in [5.74, 6) is 0.296. The Labute approximate surface area is 136 Å². The van der Waals surface area contributed by atoms with Crippen LogP contribution in [0, 0.1) is 0 Å². The molecule has 1 atom stereocenters. The largest absolute Gasteiger partial charge is 0.481 e. The Morgan fingerprint density at radius 3 is 2.29 bits per heavy atom. The van der Waals surface area contributed by atoms with Crippen LogP contribution in [0.1, 0.15) is 27.7 Å². The summed E-state index contributed by atoms with van der Waals surface area (Å²) in [6.45, 7) is 9.14. The molecule has 1 aromatic rings. The molecule has 0 bridgehead atoms. The quantitative estimate of drug-likeness (QED) is 0.786. The lowest BCUT2D eigenvalue weighted by atomic mass is 10.1. The molecule has 0 unspecified atom stereocenters. The van der Waals surface area contributed by atoms with E-state index < -0.39 is 6.10 Å². The molecule has 0 heterocycles. The highest BCUT2D eigenvalue weighted by molar-refractivity contribution is 6.34. The van der Waals surface area contributed by atoms with E-state index in [1.54, 1.807) is 25.1 Å². The van der Waals surface area contributed by atoms with Gasteiger partial charge in [-0.25, -0.2) is 0 Å². The van der Waals surface area contributed by atoms with Gasteiger partial charge in [0, 0.05) is 28.7 Å². The molecule has 118 valence electrons. The molecule has 0 aliphatic rings. The fourth-order valence-electron chi connectivity index (χ4n) is 1.62. The topological polar surface area (TPSA) is 50.4 Å². The number of hydrogen-bond donors (Lipinski definition) is 2. The standard InChI is InChI=1S/C15H22Cl2N2O2/c1-10(14(20)18-5-6-19-15(2,3)4)21-13-8-11(16)7-12(17)9-13/h7-10,19H,5-6H2,1-4H3,(H,18,20)/t10-/m1/s1. The molecule has 0 spiro atoms. The van der Waals surface area contributed by atoms with Gasteiger partial charge < -0.3 is 15.4 Å². The second kappa shape index (κ2) is 7.87. The molecule has 1 rings (SSSR count). The van der Waals surface area contributed by atoms with Crippen molar-refractivity contribution in [2.24, 2.45) is 0 Å². The van der Waals surface area contributed by atoms with Gasteiger partial charge in [0.05, 0.1) is 0 Å². The SMILES string of the molecule is C[C@@H](Oc1cc(Cl)cc(Cl)c1)C(=O)NCCNC(C)(C)C. The van der Waals surface area contributed by atoms with Crippen molar-refractivity contribution in [1.82, 2.24) is 10.6 Å². The molecular weight excluding hydrogens is 311 g/mol. The first kappa shape index (κ1) is 18.1. The van der Waals surface area contributed by atoms with Crippen molar-refractivity contribution in [2.75, 3.05) is 13.1 Å². The van der Waals surface area contributed by atoms with E-state index in [0.717, 1.165) is 0 Å². The van der Waals surface area contributed by atoms with E-state index >= 15 is 0 Å². The Morgan fingerprint density at radius 1 is 1.19 bits per heavy atom. The van der Waals surface area contributed by atoms with Crippen molar-refractivity contribution in [3.63, 3.8) is 0 Å². The zero-order valence-electron chi connectivity index (χ0n) is 12.8. The van der Waals surface area contributed by atoms with Crippen LogP contribution in [0.15, 0.2) is 18.2 Å². The molecule has 0 saturated carbocycles. The number of carbonyl (C=O) groups excluding carboxylic acids is 1. The summed E-state index contributed by atoms with van der Waals surface area (Å²) in [7, 11) is 0. The number of halogens is 2. The summed E-state index contributed by atoms with van der Waals surface area (Å²) in [4.78, 5) is 11.9. The molecular formula is C15H22Cl2N2O2. The van der Waals surface area contributed by atoms with E-state index in [-0.39, 0.29) is 11.4 Å². The minimum atomic E-state index is -0.617. The Morgan fingerprint density at radius 2 is 1.76 bits per heavy atom. The number of rotatable bonds is 6. The summed E-state index contributed by atoms with van der Waals surface area (Å²) in [6.07, 6.45) is -0.617. The van der Waals surface area contributed by atoms with Crippen LogP contribution in [0.3, 0.4) is 0 Å². The highest BCUT2D eigenvalue weighted by Crippen LogP contribution is 2.24. The molecule has 21 heavy (non-hydrogen) atoms. The minimum Gasteiger partial charge on any atom is -0.481 e. The summed E-state index contributed by atoms with van der Waals surface area (Å²) in [5.41, 5.74) is 0.0321. The van der Waals surface area contributed by atoms with E-state index in [0.29, 0.717) is 28.9 Å². The summed E-state index contributed by atoms with van der Waals surface area (Å²) in [5, 5.41) is 7.05. The normalized spacial score (nSPS) is 12.9. The van der Waals surface area contributed by atoms with E-state index in [1.165, 1.54) is 0 Å². The maximum atomic E-state index is 11.9. The Kier molecular flexibility index (Phi) is 6.78. The summed E-state index contributed by atoms with van der Waals surface area (Å²) >= 11 is 11.8. The molecule has 1 aromatic carbocycles. The van der Waals surface area contributed by atoms with Gasteiger partial charge in [-0.3, -0.25) is 4.79 Å². The highest BCUT2D eigenvalue weighted by Gasteiger charge is 2.15. The Hall–Kier alpha value is -0.970. The molecule has 2 N–H and O–H groups in total. The lowest BCUT2D eigenvalue weighted by Gasteiger charge is -2.21. The van der Waals surface area contributed by atoms with Gasteiger partial charge in [-0.1, -0.05) is 23.2 Å². The van der Waals surface area contributed by atoms with Crippen molar-refractivity contribution < 1.29 is 9.53 Å². The molecule has 6 heteroatoms. The average molecular weight is 333 g/mol. The lowest BCUT2D eigenvalue weighted by molar-refractivity contribution is -0.127. The zero-order valence-corrected chi connectivity index (χ0v) is 14.3. The van der Waals surface area contributed by atoms with Crippen LogP contribution >= 0.6 is 23.2 Å². The second-order valence-corrected chi connectivity index (χ2v) is 6.71. The van der Waals surface area contributed by atoms with Crippen LogP contribution in [0.25, 0.3) is 0 Å². The first-order valence-electron chi connectivity index (χ1n) is 6.83. The van der Waals surface area contributed by atoms with Gasteiger partial charge in [0.25, 0.3) is 5.91 Å². The van der Waals surface area contributed by atoms with Gasteiger partial charge in [0.1, 0.15) is 5.75 Å². The van der Waals surface area contributed by atoms with Crippen LogP contribution in [0.4, 0.5) is 0 Å². The van der Waals surface area contributed by atoms with E-state index in [4.69, 9.17) is 27.9 Å². The Bertz CT molecular complexity index is 467. The van der Waals surface area contributed by atoms with Gasteiger partial charge in [-0.15, -0.1) is 0 Å². The molecule has 0 saturated heterocycles. The molecule has 0 aliphatic heterocycles. The van der Waals surface area contributed by atoms with Crippen molar-refractivity contribution in [3.8, 4) is 5.75 Å². The maximum Gasteiger partial charge on any atom is 0.260 e. The summed E-state index contributed by atoms with van der Waals surface area (Å²) < 4.78 is 5.53. The van der Waals surface area contributed by atoms with E-state index in [2.05, 4.69) is 31.4 Å². The van der Waals surface area contributed by atoms with Crippen molar-refractivity contribution >= 4 is 29.1 Å². The lowest BCUT2D eigenvalue weighted by Crippen LogP contribution is -2.44. The van der Waals surface area contributed by atoms with E-state index in [1.807, 2.05) is 0 Å². The minimum absolute atomic E-state index is 0.0321. The number of carbonyl (C=O) groups is 1. The average Bonchev–Trinajstić information content (AvgIpc) is 2.31. The number of nitrogens with one attached hydrogen (secondary N) is 2. The number of ether oxygens (including phenoxy) is 1. The van der Waals surface area contributed by atoms with Crippen molar-refractivity contribution in [1.29, 1.82) is 0 Å². The fourth-order valence-corrected chi connectivity index (χ4v) is 2.13. The summed E-state index contributed by atoms with van der Waals surface area (Å²) in [6, 6.07) is 4.86. The first-order chi connectivity index (χ1) is 9.67. The molecule has 0 aliphatic carbocycles. The van der Waals surface area contributed by atoms with Crippen LogP contribution in [0.2, 0.25) is 10.0 Å². The third-order valence-corrected chi connectivity index (χ3v) is 3.03. The predicted molar refractivity (Wildman–Crippen MR) is 87.3 cm³/mol. The van der Waals surface area contributed by atoms with Crippen LogP contribution in [-0.4, -0.2) is 30.6 Å². The maximum absolute atomic E-state index is 11.9.